The minimum Gasteiger partial charge on any atom is -0.384 e. The van der Waals surface area contributed by atoms with Gasteiger partial charge in [0, 0.05) is 6.42 Å². The molecule has 0 bridgehead atoms. The molecule has 0 amide bonds. The van der Waals surface area contributed by atoms with E-state index in [1.54, 1.807) is 0 Å². The molecule has 0 aliphatic heterocycles. The van der Waals surface area contributed by atoms with Crippen LogP contribution in [0.15, 0.2) is 25.3 Å². The van der Waals surface area contributed by atoms with Gasteiger partial charge < -0.3 is 5.11 Å². The molecular formula is C7H10O3S. The smallest absolute Gasteiger partial charge is 0.216 e. The highest BCUT2D eigenvalue weighted by Gasteiger charge is 2.07. The Labute approximate surface area is 67.2 Å². The highest BCUT2D eigenvalue weighted by Crippen LogP contribution is 1.94. The molecule has 0 aliphatic carbocycles. The van der Waals surface area contributed by atoms with Crippen LogP contribution in [-0.4, -0.2) is 24.5 Å². The largest absolute Gasteiger partial charge is 0.384 e. The zero-order chi connectivity index (χ0) is 8.85. The third kappa shape index (κ3) is 3.15. The average molecular weight is 174 g/mol. The molecule has 11 heavy (non-hydrogen) atoms. The van der Waals surface area contributed by atoms with Crippen LogP contribution in [0.3, 0.4) is 0 Å². The molecule has 1 N–H and O–H groups in total. The van der Waals surface area contributed by atoms with Gasteiger partial charge in [0.05, 0.1) is 4.86 Å². The zero-order valence-corrected chi connectivity index (χ0v) is 6.84. The first-order chi connectivity index (χ1) is 5.13. The summed E-state index contributed by atoms with van der Waals surface area (Å²) in [5.41, 5.74) is 0. The highest BCUT2D eigenvalue weighted by molar-refractivity contribution is 7.73. The number of hydrogen-bond acceptors (Lipinski definition) is 3. The second kappa shape index (κ2) is 4.87. The normalized spacial score (nSPS) is 11.7. The fourth-order valence-electron chi connectivity index (χ4n) is 0.561. The van der Waals surface area contributed by atoms with Gasteiger partial charge in [0.15, 0.2) is 0 Å². The maximum atomic E-state index is 10.4. The van der Waals surface area contributed by atoms with Crippen LogP contribution in [0.1, 0.15) is 6.42 Å². The molecule has 0 aromatic heterocycles. The van der Waals surface area contributed by atoms with E-state index in [0.29, 0.717) is 0 Å². The molecule has 0 spiro atoms. The van der Waals surface area contributed by atoms with Crippen molar-refractivity contribution in [2.24, 2.45) is 0 Å². The molecule has 0 heterocycles. The number of rotatable bonds is 4. The van der Waals surface area contributed by atoms with Crippen molar-refractivity contribution in [1.82, 2.24) is 0 Å². The fourth-order valence-corrected chi connectivity index (χ4v) is 1.11. The number of allylic oxidation sites excluding steroid dienone is 1. The predicted octanol–water partition coefficient (Wildman–Crippen LogP) is 0.161. The van der Waals surface area contributed by atoms with Crippen molar-refractivity contribution in [1.29, 1.82) is 0 Å². The van der Waals surface area contributed by atoms with E-state index in [0.717, 1.165) is 6.08 Å². The molecular weight excluding hydrogens is 164 g/mol. The van der Waals surface area contributed by atoms with Crippen LogP contribution < -0.4 is 0 Å². The molecule has 62 valence electrons. The third-order valence-corrected chi connectivity index (χ3v) is 1.95. The van der Waals surface area contributed by atoms with Crippen LogP contribution in [0, 0.1) is 0 Å². The molecule has 0 fully saturated rings. The fraction of sp³-hybridized carbons (Fsp3) is 0.286. The van der Waals surface area contributed by atoms with Gasteiger partial charge in [-0.25, -0.2) is 0 Å². The molecule has 0 rings (SSSR count). The number of hydrogen-bond donors (Lipinski definition) is 1. The van der Waals surface area contributed by atoms with Gasteiger partial charge in [-0.15, -0.1) is 13.2 Å². The quantitative estimate of drug-likeness (QED) is 0.488. The monoisotopic (exact) mass is 174 g/mol. The van der Waals surface area contributed by atoms with Crippen molar-refractivity contribution in [3.63, 3.8) is 0 Å². The molecule has 1 atom stereocenters. The molecule has 0 saturated heterocycles. The topological polar surface area (TPSA) is 54.4 Å². The van der Waals surface area contributed by atoms with Crippen molar-refractivity contribution in [2.45, 2.75) is 12.5 Å². The van der Waals surface area contributed by atoms with Gasteiger partial charge in [-0.2, -0.15) is 8.42 Å². The predicted molar refractivity (Wildman–Crippen MR) is 44.9 cm³/mol. The second-order valence-electron chi connectivity index (χ2n) is 1.87. The van der Waals surface area contributed by atoms with Gasteiger partial charge in [-0.3, -0.25) is 0 Å². The van der Waals surface area contributed by atoms with Gasteiger partial charge >= 0.3 is 0 Å². The molecule has 1 unspecified atom stereocenters. The van der Waals surface area contributed by atoms with E-state index in [4.69, 9.17) is 5.11 Å². The lowest BCUT2D eigenvalue weighted by Gasteiger charge is -2.01. The summed E-state index contributed by atoms with van der Waals surface area (Å²) in [5, 5.41) is 9.02. The summed E-state index contributed by atoms with van der Waals surface area (Å²) in [6.45, 7) is 6.63. The van der Waals surface area contributed by atoms with E-state index in [1.807, 2.05) is 0 Å². The first kappa shape index (κ1) is 10.1. The van der Waals surface area contributed by atoms with Gasteiger partial charge in [-0.05, 0) is 0 Å². The number of aliphatic hydroxyl groups excluding tert-OH is 1. The summed E-state index contributed by atoms with van der Waals surface area (Å²) in [6, 6.07) is 0. The van der Waals surface area contributed by atoms with Gasteiger partial charge in [-0.1, -0.05) is 12.2 Å². The van der Waals surface area contributed by atoms with Crippen LogP contribution in [0.25, 0.3) is 0 Å². The maximum Gasteiger partial charge on any atom is 0.216 e. The Morgan fingerprint density at radius 2 is 2.09 bits per heavy atom. The lowest BCUT2D eigenvalue weighted by molar-refractivity contribution is 0.290. The minimum absolute atomic E-state index is 0.00463. The first-order valence-corrected chi connectivity index (χ1v) is 4.07. The summed E-state index contributed by atoms with van der Waals surface area (Å²) in [6.07, 6.45) is 1.64. The highest BCUT2D eigenvalue weighted by atomic mass is 32.2. The molecule has 3 nitrogen and oxygen atoms in total. The molecule has 0 aromatic carbocycles. The van der Waals surface area contributed by atoms with Crippen LogP contribution in [0.5, 0.6) is 0 Å². The lowest BCUT2D eigenvalue weighted by Crippen LogP contribution is -2.17. The SMILES string of the molecule is C=CCC(C(O)C=C)=S(=O)=O. The Morgan fingerprint density at radius 3 is 2.36 bits per heavy atom. The van der Waals surface area contributed by atoms with E-state index in [2.05, 4.69) is 13.2 Å². The first-order valence-electron chi connectivity index (χ1n) is 3.00. The Morgan fingerprint density at radius 1 is 1.55 bits per heavy atom. The molecule has 0 radical (unpaired) electrons. The van der Waals surface area contributed by atoms with Crippen LogP contribution >= 0.6 is 0 Å². The van der Waals surface area contributed by atoms with Crippen LogP contribution in [-0.2, 0) is 10.3 Å². The van der Waals surface area contributed by atoms with Crippen LogP contribution in [0.4, 0.5) is 0 Å². The standard InChI is InChI=1S/C7H10O3S/c1-3-5-7(11(9)10)6(8)4-2/h3-4,6,8H,1-2,5H2. The molecule has 0 aromatic rings. The van der Waals surface area contributed by atoms with Gasteiger partial charge in [0.1, 0.15) is 6.10 Å². The maximum absolute atomic E-state index is 10.4. The van der Waals surface area contributed by atoms with Crippen molar-refractivity contribution >= 4 is 15.2 Å². The van der Waals surface area contributed by atoms with Crippen molar-refractivity contribution in [3.05, 3.63) is 25.3 Å². The average Bonchev–Trinajstić information content (AvgIpc) is 1.98. The lowest BCUT2D eigenvalue weighted by atomic mass is 10.2. The summed E-state index contributed by atoms with van der Waals surface area (Å²) in [7, 11) is -2.36. The van der Waals surface area contributed by atoms with Crippen molar-refractivity contribution in [2.75, 3.05) is 0 Å². The van der Waals surface area contributed by atoms with E-state index in [-0.39, 0.29) is 11.3 Å². The minimum atomic E-state index is -2.36. The molecule has 0 aliphatic rings. The van der Waals surface area contributed by atoms with E-state index in [9.17, 15) is 8.42 Å². The third-order valence-electron chi connectivity index (χ3n) is 1.11. The second-order valence-corrected chi connectivity index (χ2v) is 2.87. The molecule has 4 heteroatoms. The van der Waals surface area contributed by atoms with Gasteiger partial charge in [0.2, 0.25) is 10.3 Å². The Balaban J connectivity index is 4.77. The van der Waals surface area contributed by atoms with Crippen molar-refractivity contribution < 1.29 is 13.5 Å². The summed E-state index contributed by atoms with van der Waals surface area (Å²) < 4.78 is 20.8. The summed E-state index contributed by atoms with van der Waals surface area (Å²) >= 11 is 0. The summed E-state index contributed by atoms with van der Waals surface area (Å²) in [4.78, 5) is -0.00463. The Kier molecular flexibility index (Phi) is 4.49. The Bertz CT molecular complexity index is 266. The number of aliphatic hydroxyl groups is 1. The van der Waals surface area contributed by atoms with E-state index >= 15 is 0 Å². The van der Waals surface area contributed by atoms with Crippen LogP contribution in [0.2, 0.25) is 0 Å². The van der Waals surface area contributed by atoms with E-state index in [1.165, 1.54) is 6.08 Å². The van der Waals surface area contributed by atoms with E-state index < -0.39 is 16.4 Å². The van der Waals surface area contributed by atoms with Crippen molar-refractivity contribution in [3.8, 4) is 0 Å². The zero-order valence-electron chi connectivity index (χ0n) is 6.03. The molecule has 0 saturated carbocycles. The van der Waals surface area contributed by atoms with Gasteiger partial charge in [0.25, 0.3) is 0 Å². The summed E-state index contributed by atoms with van der Waals surface area (Å²) in [5.74, 6) is 0. The Hall–Kier alpha value is -0.870.